The van der Waals surface area contributed by atoms with Crippen LogP contribution >= 0.6 is 0 Å². The van der Waals surface area contributed by atoms with Gasteiger partial charge in [-0.2, -0.15) is 0 Å². The number of hydrogen-bond acceptors (Lipinski definition) is 2. The molecule has 0 aliphatic rings. The van der Waals surface area contributed by atoms with E-state index in [0.717, 1.165) is 5.56 Å². The SMILES string of the molecule is C[C@H](NCCF)c1ccncc1. The molecular weight excluding hydrogens is 155 g/mol. The average Bonchev–Trinajstić information content (AvgIpc) is 2.15. The Bertz CT molecular complexity index is 213. The minimum atomic E-state index is -0.324. The predicted molar refractivity (Wildman–Crippen MR) is 46.6 cm³/mol. The first-order chi connectivity index (χ1) is 5.84. The van der Waals surface area contributed by atoms with Gasteiger partial charge in [0.05, 0.1) is 0 Å². The van der Waals surface area contributed by atoms with Crippen LogP contribution in [0.3, 0.4) is 0 Å². The zero-order valence-corrected chi connectivity index (χ0v) is 7.13. The highest BCUT2D eigenvalue weighted by Gasteiger charge is 2.01. The highest BCUT2D eigenvalue weighted by molar-refractivity contribution is 5.13. The lowest BCUT2D eigenvalue weighted by molar-refractivity contribution is 0.444. The van der Waals surface area contributed by atoms with E-state index in [2.05, 4.69) is 10.3 Å². The van der Waals surface area contributed by atoms with Crippen LogP contribution in [0.5, 0.6) is 0 Å². The summed E-state index contributed by atoms with van der Waals surface area (Å²) in [6, 6.07) is 4.05. The molecule has 1 atom stereocenters. The van der Waals surface area contributed by atoms with Crippen LogP contribution in [-0.2, 0) is 0 Å². The van der Waals surface area contributed by atoms with Crippen LogP contribution in [0.1, 0.15) is 18.5 Å². The number of rotatable bonds is 4. The topological polar surface area (TPSA) is 24.9 Å². The van der Waals surface area contributed by atoms with Gasteiger partial charge in [0.2, 0.25) is 0 Å². The number of pyridine rings is 1. The third kappa shape index (κ3) is 2.58. The van der Waals surface area contributed by atoms with Crippen LogP contribution in [0.2, 0.25) is 0 Å². The van der Waals surface area contributed by atoms with Crippen molar-refractivity contribution in [3.63, 3.8) is 0 Å². The fraction of sp³-hybridized carbons (Fsp3) is 0.444. The molecule has 1 rings (SSSR count). The van der Waals surface area contributed by atoms with Crippen molar-refractivity contribution in [3.05, 3.63) is 30.1 Å². The van der Waals surface area contributed by atoms with Gasteiger partial charge in [-0.05, 0) is 24.6 Å². The normalized spacial score (nSPS) is 12.8. The number of nitrogens with zero attached hydrogens (tertiary/aromatic N) is 1. The molecule has 66 valence electrons. The molecule has 0 unspecified atom stereocenters. The Labute approximate surface area is 71.8 Å². The second kappa shape index (κ2) is 4.83. The molecule has 1 heterocycles. The van der Waals surface area contributed by atoms with E-state index in [9.17, 15) is 4.39 Å². The van der Waals surface area contributed by atoms with E-state index in [-0.39, 0.29) is 12.7 Å². The van der Waals surface area contributed by atoms with Crippen molar-refractivity contribution in [3.8, 4) is 0 Å². The zero-order valence-electron chi connectivity index (χ0n) is 7.13. The summed E-state index contributed by atoms with van der Waals surface area (Å²) in [5.74, 6) is 0. The first-order valence-corrected chi connectivity index (χ1v) is 4.04. The molecule has 0 aliphatic carbocycles. The Hall–Kier alpha value is -0.960. The van der Waals surface area contributed by atoms with Crippen LogP contribution < -0.4 is 5.32 Å². The van der Waals surface area contributed by atoms with Gasteiger partial charge in [0, 0.05) is 25.0 Å². The third-order valence-electron chi connectivity index (χ3n) is 1.75. The van der Waals surface area contributed by atoms with Crippen molar-refractivity contribution in [2.24, 2.45) is 0 Å². The zero-order chi connectivity index (χ0) is 8.81. The number of alkyl halides is 1. The lowest BCUT2D eigenvalue weighted by Gasteiger charge is -2.11. The largest absolute Gasteiger partial charge is 0.308 e. The molecule has 0 aromatic carbocycles. The van der Waals surface area contributed by atoms with Crippen molar-refractivity contribution in [1.29, 1.82) is 0 Å². The highest BCUT2D eigenvalue weighted by Crippen LogP contribution is 2.08. The van der Waals surface area contributed by atoms with Crippen LogP contribution in [0.25, 0.3) is 0 Å². The molecule has 0 saturated heterocycles. The van der Waals surface area contributed by atoms with Crippen molar-refractivity contribution in [2.75, 3.05) is 13.2 Å². The van der Waals surface area contributed by atoms with Crippen molar-refractivity contribution >= 4 is 0 Å². The molecule has 2 nitrogen and oxygen atoms in total. The summed E-state index contributed by atoms with van der Waals surface area (Å²) in [5, 5.41) is 3.05. The van der Waals surface area contributed by atoms with Crippen LogP contribution in [0.15, 0.2) is 24.5 Å². The van der Waals surface area contributed by atoms with Gasteiger partial charge in [-0.25, -0.2) is 4.39 Å². The standard InChI is InChI=1S/C9H13FN2/c1-8(12-7-4-10)9-2-5-11-6-3-9/h2-3,5-6,8,12H,4,7H2,1H3/t8-/m0/s1. The van der Waals surface area contributed by atoms with Crippen LogP contribution in [0, 0.1) is 0 Å². The second-order valence-corrected chi connectivity index (χ2v) is 2.65. The maximum absolute atomic E-state index is 11.8. The Morgan fingerprint density at radius 2 is 2.17 bits per heavy atom. The van der Waals surface area contributed by atoms with Crippen molar-refractivity contribution in [2.45, 2.75) is 13.0 Å². The van der Waals surface area contributed by atoms with E-state index in [1.54, 1.807) is 12.4 Å². The van der Waals surface area contributed by atoms with E-state index in [1.807, 2.05) is 19.1 Å². The summed E-state index contributed by atoms with van der Waals surface area (Å²) >= 11 is 0. The van der Waals surface area contributed by atoms with Gasteiger partial charge < -0.3 is 5.32 Å². The lowest BCUT2D eigenvalue weighted by Crippen LogP contribution is -2.20. The molecule has 0 amide bonds. The molecule has 0 spiro atoms. The molecule has 1 aromatic rings. The smallest absolute Gasteiger partial charge is 0.102 e. The Kier molecular flexibility index (Phi) is 3.67. The molecule has 0 fully saturated rings. The summed E-state index contributed by atoms with van der Waals surface area (Å²) in [5.41, 5.74) is 1.14. The summed E-state index contributed by atoms with van der Waals surface area (Å²) < 4.78 is 11.8. The van der Waals surface area contributed by atoms with E-state index >= 15 is 0 Å². The van der Waals surface area contributed by atoms with Crippen LogP contribution in [0.4, 0.5) is 4.39 Å². The van der Waals surface area contributed by atoms with Gasteiger partial charge in [0.15, 0.2) is 0 Å². The number of hydrogen-bond donors (Lipinski definition) is 1. The van der Waals surface area contributed by atoms with E-state index in [4.69, 9.17) is 0 Å². The summed E-state index contributed by atoms with van der Waals surface area (Å²) in [4.78, 5) is 3.91. The van der Waals surface area contributed by atoms with Gasteiger partial charge in [0.1, 0.15) is 6.67 Å². The molecule has 1 N–H and O–H groups in total. The summed E-state index contributed by atoms with van der Waals surface area (Å²) in [7, 11) is 0. The Morgan fingerprint density at radius 1 is 1.50 bits per heavy atom. The van der Waals surface area contributed by atoms with Gasteiger partial charge >= 0.3 is 0 Å². The molecule has 1 aromatic heterocycles. The lowest BCUT2D eigenvalue weighted by atomic mass is 10.1. The van der Waals surface area contributed by atoms with Gasteiger partial charge in [-0.1, -0.05) is 0 Å². The van der Waals surface area contributed by atoms with Crippen molar-refractivity contribution < 1.29 is 4.39 Å². The first-order valence-electron chi connectivity index (χ1n) is 4.04. The minimum Gasteiger partial charge on any atom is -0.308 e. The quantitative estimate of drug-likeness (QED) is 0.740. The fourth-order valence-corrected chi connectivity index (χ4v) is 1.04. The first kappa shape index (κ1) is 9.13. The molecule has 0 aliphatic heterocycles. The van der Waals surface area contributed by atoms with Gasteiger partial charge in [-0.3, -0.25) is 4.98 Å². The van der Waals surface area contributed by atoms with E-state index < -0.39 is 0 Å². The third-order valence-corrected chi connectivity index (χ3v) is 1.75. The molecular formula is C9H13FN2. The van der Waals surface area contributed by atoms with Gasteiger partial charge in [0.25, 0.3) is 0 Å². The van der Waals surface area contributed by atoms with Gasteiger partial charge in [-0.15, -0.1) is 0 Å². The maximum Gasteiger partial charge on any atom is 0.102 e. The molecule has 3 heteroatoms. The average molecular weight is 168 g/mol. The number of aromatic nitrogens is 1. The number of halogens is 1. The molecule has 12 heavy (non-hydrogen) atoms. The number of nitrogens with one attached hydrogen (secondary N) is 1. The monoisotopic (exact) mass is 168 g/mol. The highest BCUT2D eigenvalue weighted by atomic mass is 19.1. The Morgan fingerprint density at radius 3 is 2.75 bits per heavy atom. The predicted octanol–water partition coefficient (Wildman–Crippen LogP) is 1.70. The second-order valence-electron chi connectivity index (χ2n) is 2.65. The van der Waals surface area contributed by atoms with E-state index in [1.165, 1.54) is 0 Å². The molecule has 0 radical (unpaired) electrons. The maximum atomic E-state index is 11.8. The minimum absolute atomic E-state index is 0.198. The summed E-state index contributed by atoms with van der Waals surface area (Å²) in [6.07, 6.45) is 3.48. The fourth-order valence-electron chi connectivity index (χ4n) is 1.04. The molecule has 0 saturated carbocycles. The Balaban J connectivity index is 2.48. The van der Waals surface area contributed by atoms with E-state index in [0.29, 0.717) is 6.54 Å². The van der Waals surface area contributed by atoms with Crippen molar-refractivity contribution in [1.82, 2.24) is 10.3 Å². The molecule has 0 bridgehead atoms. The summed E-state index contributed by atoms with van der Waals surface area (Å²) in [6.45, 7) is 2.09. The van der Waals surface area contributed by atoms with Crippen LogP contribution in [-0.4, -0.2) is 18.2 Å².